The van der Waals surface area contributed by atoms with Gasteiger partial charge in [-0.2, -0.15) is 17.0 Å². The van der Waals surface area contributed by atoms with Crippen LogP contribution in [0.1, 0.15) is 20.3 Å². The Morgan fingerprint density at radius 3 is 2.05 bits per heavy atom. The summed E-state index contributed by atoms with van der Waals surface area (Å²) in [6.45, 7) is 8.77. The van der Waals surface area contributed by atoms with Crippen LogP contribution >= 0.6 is 0 Å². The van der Waals surface area contributed by atoms with Gasteiger partial charge in [-0.3, -0.25) is 4.90 Å². The smallest absolute Gasteiger partial charge is 0.282 e. The first-order chi connectivity index (χ1) is 9.43. The van der Waals surface area contributed by atoms with Gasteiger partial charge in [0.05, 0.1) is 6.61 Å². The van der Waals surface area contributed by atoms with Crippen molar-refractivity contribution in [2.45, 2.75) is 20.3 Å². The molecule has 2 unspecified atom stereocenters. The third-order valence-corrected chi connectivity index (χ3v) is 6.20. The molecular weight excluding hydrogens is 278 g/mol. The summed E-state index contributed by atoms with van der Waals surface area (Å²) in [5, 5.41) is 8.92. The SMILES string of the molecule is CC1CC(C)CN(S(=O)(=O)N2CCN(CCO)CC2)C1. The van der Waals surface area contributed by atoms with E-state index in [9.17, 15) is 8.42 Å². The molecule has 7 heteroatoms. The van der Waals surface area contributed by atoms with Crippen LogP contribution in [0.25, 0.3) is 0 Å². The van der Waals surface area contributed by atoms with Crippen LogP contribution in [-0.4, -0.2) is 79.5 Å². The van der Waals surface area contributed by atoms with Crippen molar-refractivity contribution in [3.8, 4) is 0 Å². The van der Waals surface area contributed by atoms with Gasteiger partial charge in [0.2, 0.25) is 0 Å². The van der Waals surface area contributed by atoms with E-state index in [4.69, 9.17) is 5.11 Å². The number of nitrogens with zero attached hydrogens (tertiary/aromatic N) is 3. The van der Waals surface area contributed by atoms with Crippen LogP contribution in [0, 0.1) is 11.8 Å². The Hall–Kier alpha value is -0.210. The molecule has 0 aromatic heterocycles. The molecule has 2 saturated heterocycles. The molecule has 0 amide bonds. The summed E-state index contributed by atoms with van der Waals surface area (Å²) < 4.78 is 28.6. The van der Waals surface area contributed by atoms with Crippen LogP contribution in [0.4, 0.5) is 0 Å². The highest BCUT2D eigenvalue weighted by Gasteiger charge is 2.36. The molecule has 2 aliphatic heterocycles. The summed E-state index contributed by atoms with van der Waals surface area (Å²) >= 11 is 0. The van der Waals surface area contributed by atoms with Crippen LogP contribution in [0.15, 0.2) is 0 Å². The van der Waals surface area contributed by atoms with E-state index in [2.05, 4.69) is 18.7 Å². The summed E-state index contributed by atoms with van der Waals surface area (Å²) in [5.74, 6) is 0.869. The summed E-state index contributed by atoms with van der Waals surface area (Å²) in [7, 11) is -3.31. The Morgan fingerprint density at radius 2 is 1.55 bits per heavy atom. The zero-order chi connectivity index (χ0) is 14.8. The van der Waals surface area contributed by atoms with Crippen LogP contribution in [0.5, 0.6) is 0 Å². The molecule has 0 bridgehead atoms. The molecule has 2 fully saturated rings. The van der Waals surface area contributed by atoms with Crippen molar-refractivity contribution in [2.75, 3.05) is 52.4 Å². The van der Waals surface area contributed by atoms with Crippen molar-refractivity contribution in [3.63, 3.8) is 0 Å². The molecule has 6 nitrogen and oxygen atoms in total. The molecule has 0 aromatic carbocycles. The van der Waals surface area contributed by atoms with Crippen LogP contribution in [0.3, 0.4) is 0 Å². The van der Waals surface area contributed by atoms with E-state index in [-0.39, 0.29) is 6.61 Å². The van der Waals surface area contributed by atoms with Gasteiger partial charge in [-0.1, -0.05) is 13.8 Å². The van der Waals surface area contributed by atoms with Crippen LogP contribution < -0.4 is 0 Å². The van der Waals surface area contributed by atoms with E-state index < -0.39 is 10.2 Å². The van der Waals surface area contributed by atoms with Gasteiger partial charge in [-0.05, 0) is 18.3 Å². The molecule has 2 aliphatic rings. The largest absolute Gasteiger partial charge is 0.395 e. The summed E-state index contributed by atoms with van der Waals surface area (Å²) in [4.78, 5) is 2.10. The standard InChI is InChI=1S/C13H27N3O3S/c1-12-9-13(2)11-16(10-12)20(18,19)15-5-3-14(4-6-15)7-8-17/h12-13,17H,3-11H2,1-2H3. The second-order valence-corrected chi connectivity index (χ2v) is 8.16. The van der Waals surface area contributed by atoms with Crippen molar-refractivity contribution in [1.82, 2.24) is 13.5 Å². The second kappa shape index (κ2) is 6.70. The third kappa shape index (κ3) is 3.71. The molecule has 0 aliphatic carbocycles. The van der Waals surface area contributed by atoms with Crippen molar-refractivity contribution >= 4 is 10.2 Å². The topological polar surface area (TPSA) is 64.1 Å². The molecule has 2 atom stereocenters. The molecule has 2 heterocycles. The molecule has 2 rings (SSSR count). The average Bonchev–Trinajstić information content (AvgIpc) is 2.38. The third-order valence-electron chi connectivity index (χ3n) is 4.24. The monoisotopic (exact) mass is 305 g/mol. The highest BCUT2D eigenvalue weighted by molar-refractivity contribution is 7.86. The Kier molecular flexibility index (Phi) is 5.42. The maximum absolute atomic E-state index is 12.7. The maximum atomic E-state index is 12.7. The Morgan fingerprint density at radius 1 is 1.00 bits per heavy atom. The fourth-order valence-corrected chi connectivity index (χ4v) is 5.12. The van der Waals surface area contributed by atoms with Gasteiger partial charge in [0, 0.05) is 45.8 Å². The molecule has 0 radical (unpaired) electrons. The Labute approximate surface area is 122 Å². The quantitative estimate of drug-likeness (QED) is 0.782. The predicted octanol–water partition coefficient (Wildman–Crippen LogP) is -0.181. The molecule has 0 aromatic rings. The number of aliphatic hydroxyl groups excluding tert-OH is 1. The summed E-state index contributed by atoms with van der Waals surface area (Å²) in [6, 6.07) is 0. The first-order valence-electron chi connectivity index (χ1n) is 7.52. The van der Waals surface area contributed by atoms with Gasteiger partial charge >= 0.3 is 0 Å². The minimum atomic E-state index is -3.31. The van der Waals surface area contributed by atoms with Crippen molar-refractivity contribution < 1.29 is 13.5 Å². The van der Waals surface area contributed by atoms with Gasteiger partial charge in [0.1, 0.15) is 0 Å². The highest BCUT2D eigenvalue weighted by Crippen LogP contribution is 2.25. The zero-order valence-electron chi connectivity index (χ0n) is 12.5. The number of hydrogen-bond donors (Lipinski definition) is 1. The van der Waals surface area contributed by atoms with Crippen LogP contribution in [0.2, 0.25) is 0 Å². The van der Waals surface area contributed by atoms with E-state index in [1.165, 1.54) is 0 Å². The minimum Gasteiger partial charge on any atom is -0.395 e. The van der Waals surface area contributed by atoms with Gasteiger partial charge < -0.3 is 5.11 Å². The molecule has 0 saturated carbocycles. The minimum absolute atomic E-state index is 0.133. The van der Waals surface area contributed by atoms with Gasteiger partial charge in [-0.25, -0.2) is 0 Å². The number of β-amino-alcohol motifs (C(OH)–C–C–N with tert-alkyl or cyclic N) is 1. The first kappa shape index (κ1) is 16.2. The zero-order valence-corrected chi connectivity index (χ0v) is 13.3. The van der Waals surface area contributed by atoms with E-state index >= 15 is 0 Å². The van der Waals surface area contributed by atoms with E-state index in [0.717, 1.165) is 6.42 Å². The number of aliphatic hydroxyl groups is 1. The van der Waals surface area contributed by atoms with Gasteiger partial charge in [-0.15, -0.1) is 0 Å². The maximum Gasteiger partial charge on any atom is 0.282 e. The number of piperazine rings is 1. The second-order valence-electron chi connectivity index (χ2n) is 6.24. The molecule has 1 N–H and O–H groups in total. The predicted molar refractivity (Wildman–Crippen MR) is 78.5 cm³/mol. The number of hydrogen-bond acceptors (Lipinski definition) is 4. The Balaban J connectivity index is 1.97. The Bertz CT molecular complexity index is 397. The normalized spacial score (nSPS) is 31.6. The molecular formula is C13H27N3O3S. The van der Waals surface area contributed by atoms with E-state index in [1.54, 1.807) is 8.61 Å². The summed E-state index contributed by atoms with van der Waals surface area (Å²) in [5.41, 5.74) is 0. The van der Waals surface area contributed by atoms with Gasteiger partial charge in [0.15, 0.2) is 0 Å². The lowest BCUT2D eigenvalue weighted by Crippen LogP contribution is -2.55. The van der Waals surface area contributed by atoms with E-state index in [1.807, 2.05) is 0 Å². The summed E-state index contributed by atoms with van der Waals surface area (Å²) in [6.07, 6.45) is 1.11. The highest BCUT2D eigenvalue weighted by atomic mass is 32.2. The lowest BCUT2D eigenvalue weighted by Gasteiger charge is -2.40. The molecule has 118 valence electrons. The van der Waals surface area contributed by atoms with E-state index in [0.29, 0.717) is 57.6 Å². The molecule has 0 spiro atoms. The lowest BCUT2D eigenvalue weighted by atomic mass is 9.94. The van der Waals surface area contributed by atoms with Crippen LogP contribution in [-0.2, 0) is 10.2 Å². The number of rotatable bonds is 4. The number of piperidine rings is 1. The van der Waals surface area contributed by atoms with Crippen molar-refractivity contribution in [3.05, 3.63) is 0 Å². The van der Waals surface area contributed by atoms with Crippen molar-refractivity contribution in [2.24, 2.45) is 11.8 Å². The van der Waals surface area contributed by atoms with Gasteiger partial charge in [0.25, 0.3) is 10.2 Å². The van der Waals surface area contributed by atoms with Crippen molar-refractivity contribution in [1.29, 1.82) is 0 Å². The fourth-order valence-electron chi connectivity index (χ4n) is 3.28. The lowest BCUT2D eigenvalue weighted by molar-refractivity contribution is 0.142. The molecule has 20 heavy (non-hydrogen) atoms. The fraction of sp³-hybridized carbons (Fsp3) is 1.00. The first-order valence-corrected chi connectivity index (χ1v) is 8.91. The average molecular weight is 305 g/mol.